The van der Waals surface area contributed by atoms with Crippen LogP contribution in [0.3, 0.4) is 0 Å². The molecule has 0 atom stereocenters. The van der Waals surface area contributed by atoms with Crippen LogP contribution in [0.2, 0.25) is 0 Å². The van der Waals surface area contributed by atoms with E-state index in [2.05, 4.69) is 0 Å². The molecule has 0 spiro atoms. The van der Waals surface area contributed by atoms with E-state index in [1.807, 2.05) is 0 Å². The van der Waals surface area contributed by atoms with Crippen molar-refractivity contribution >= 4 is 0 Å². The summed E-state index contributed by atoms with van der Waals surface area (Å²) in [4.78, 5) is 0. The minimum Gasteiger partial charge on any atom is -1.00 e. The van der Waals surface area contributed by atoms with Crippen molar-refractivity contribution in [3.63, 3.8) is 0 Å². The minimum atomic E-state index is -0.125. The number of aliphatic hydroxyl groups is 2. The Labute approximate surface area is 73.8 Å². The van der Waals surface area contributed by atoms with Gasteiger partial charge in [0.25, 0.3) is 0 Å². The number of aliphatic hydroxyl groups excluding tert-OH is 2. The summed E-state index contributed by atoms with van der Waals surface area (Å²) >= 11 is 0. The van der Waals surface area contributed by atoms with E-state index in [9.17, 15) is 0 Å². The number of hydrogen-bond acceptors (Lipinski definition) is 2. The molecule has 0 bridgehead atoms. The van der Waals surface area contributed by atoms with Gasteiger partial charge >= 0.3 is 16.5 Å². The molecule has 0 saturated heterocycles. The topological polar surface area (TPSA) is 40.5 Å². The molecule has 0 unspecified atom stereocenters. The van der Waals surface area contributed by atoms with Gasteiger partial charge in [0.15, 0.2) is 0 Å². The zero-order valence-electron chi connectivity index (χ0n) is 3.38. The van der Waals surface area contributed by atoms with Crippen molar-refractivity contribution in [3.05, 3.63) is 0 Å². The SMILES string of the molecule is OCCO.[Br-].[Br-].[Ni+2]. The first-order valence-electron chi connectivity index (χ1n) is 1.13. The maximum absolute atomic E-state index is 7.62. The molecule has 0 amide bonds. The average Bonchev–Trinajstić information content (AvgIpc) is 1.37. The van der Waals surface area contributed by atoms with Crippen molar-refractivity contribution in [2.75, 3.05) is 13.2 Å². The Bertz CT molecular complexity index is 15.7. The van der Waals surface area contributed by atoms with Gasteiger partial charge in [-0.25, -0.2) is 0 Å². The normalized spacial score (nSPS) is 4.29. The molecule has 2 nitrogen and oxygen atoms in total. The Kier molecular flexibility index (Phi) is 89.5. The molecule has 7 heavy (non-hydrogen) atoms. The molecule has 0 rings (SSSR count). The van der Waals surface area contributed by atoms with E-state index in [0.29, 0.717) is 0 Å². The molecule has 5 heteroatoms. The van der Waals surface area contributed by atoms with Gasteiger partial charge in [-0.15, -0.1) is 0 Å². The first kappa shape index (κ1) is 23.8. The molecule has 0 fully saturated rings. The third kappa shape index (κ3) is 37.8. The van der Waals surface area contributed by atoms with Gasteiger partial charge in [-0.3, -0.25) is 0 Å². The van der Waals surface area contributed by atoms with Crippen LogP contribution in [0.25, 0.3) is 0 Å². The molecular formula is C2H6Br2NiO2. The fourth-order valence-electron chi connectivity index (χ4n) is 0. The maximum Gasteiger partial charge on any atom is 2.00 e. The van der Waals surface area contributed by atoms with Gasteiger partial charge in [-0.1, -0.05) is 0 Å². The number of halogens is 2. The fraction of sp³-hybridized carbons (Fsp3) is 1.00. The van der Waals surface area contributed by atoms with E-state index in [4.69, 9.17) is 10.2 Å². The standard InChI is InChI=1S/C2H6O2.2BrH.Ni/c3-1-2-4;;;/h3-4H,1-2H2;2*1H;/q;;;+2/p-2. The van der Waals surface area contributed by atoms with Gasteiger partial charge < -0.3 is 44.2 Å². The van der Waals surface area contributed by atoms with Crippen molar-refractivity contribution in [2.24, 2.45) is 0 Å². The van der Waals surface area contributed by atoms with E-state index < -0.39 is 0 Å². The Balaban J connectivity index is -0.0000000150. The Hall–Kier alpha value is 1.37. The smallest absolute Gasteiger partial charge is 1.00 e. The van der Waals surface area contributed by atoms with Crippen molar-refractivity contribution < 1.29 is 60.7 Å². The van der Waals surface area contributed by atoms with Gasteiger partial charge in [0.05, 0.1) is 13.2 Å². The summed E-state index contributed by atoms with van der Waals surface area (Å²) in [7, 11) is 0. The number of hydrogen-bond donors (Lipinski definition) is 2. The summed E-state index contributed by atoms with van der Waals surface area (Å²) in [5, 5.41) is 15.2. The molecule has 0 aliphatic carbocycles. The second-order valence-electron chi connectivity index (χ2n) is 0.447. The van der Waals surface area contributed by atoms with Gasteiger partial charge in [0, 0.05) is 0 Å². The van der Waals surface area contributed by atoms with Crippen LogP contribution in [-0.2, 0) is 16.5 Å². The van der Waals surface area contributed by atoms with Crippen molar-refractivity contribution in [2.45, 2.75) is 0 Å². The molecule has 0 heterocycles. The summed E-state index contributed by atoms with van der Waals surface area (Å²) in [6.07, 6.45) is 0. The van der Waals surface area contributed by atoms with Crippen LogP contribution >= 0.6 is 0 Å². The van der Waals surface area contributed by atoms with E-state index >= 15 is 0 Å². The van der Waals surface area contributed by atoms with E-state index in [0.717, 1.165) is 0 Å². The molecule has 0 radical (unpaired) electrons. The molecule has 0 aliphatic heterocycles. The summed E-state index contributed by atoms with van der Waals surface area (Å²) in [5.41, 5.74) is 0. The summed E-state index contributed by atoms with van der Waals surface area (Å²) in [5.74, 6) is 0. The predicted octanol–water partition coefficient (Wildman–Crippen LogP) is -7.02. The second kappa shape index (κ2) is 26.3. The molecule has 0 aliphatic rings. The Morgan fingerprint density at radius 1 is 0.857 bits per heavy atom. The quantitative estimate of drug-likeness (QED) is 0.469. The van der Waals surface area contributed by atoms with Crippen LogP contribution in [0.1, 0.15) is 0 Å². The Morgan fingerprint density at radius 3 is 1.00 bits per heavy atom. The predicted molar refractivity (Wildman–Crippen MR) is 14.2 cm³/mol. The molecule has 50 valence electrons. The molecule has 0 aromatic carbocycles. The third-order valence-corrected chi connectivity index (χ3v) is 0.1000. The molecule has 0 aromatic heterocycles. The first-order chi connectivity index (χ1) is 1.91. The van der Waals surface area contributed by atoms with Crippen LogP contribution in [0.4, 0.5) is 0 Å². The van der Waals surface area contributed by atoms with Crippen LogP contribution in [-0.4, -0.2) is 23.4 Å². The van der Waals surface area contributed by atoms with Gasteiger partial charge in [-0.2, -0.15) is 0 Å². The minimum absolute atomic E-state index is 0. The van der Waals surface area contributed by atoms with Crippen molar-refractivity contribution in [1.29, 1.82) is 0 Å². The second-order valence-corrected chi connectivity index (χ2v) is 0.447. The third-order valence-electron chi connectivity index (χ3n) is 0.1000. The van der Waals surface area contributed by atoms with Crippen LogP contribution in [0.5, 0.6) is 0 Å². The van der Waals surface area contributed by atoms with Crippen LogP contribution in [0, 0.1) is 0 Å². The largest absolute Gasteiger partial charge is 2.00 e. The summed E-state index contributed by atoms with van der Waals surface area (Å²) in [6.45, 7) is -0.250. The van der Waals surface area contributed by atoms with Gasteiger partial charge in [0.2, 0.25) is 0 Å². The molecule has 2 N–H and O–H groups in total. The zero-order chi connectivity index (χ0) is 3.41. The van der Waals surface area contributed by atoms with Crippen molar-refractivity contribution in [1.82, 2.24) is 0 Å². The summed E-state index contributed by atoms with van der Waals surface area (Å²) in [6, 6.07) is 0. The average molecular weight is 281 g/mol. The Morgan fingerprint density at radius 2 is 1.00 bits per heavy atom. The monoisotopic (exact) mass is 278 g/mol. The van der Waals surface area contributed by atoms with Gasteiger partial charge in [-0.05, 0) is 0 Å². The van der Waals surface area contributed by atoms with Crippen molar-refractivity contribution in [3.8, 4) is 0 Å². The van der Waals surface area contributed by atoms with E-state index in [1.54, 1.807) is 0 Å². The molecule has 0 aromatic rings. The first-order valence-corrected chi connectivity index (χ1v) is 1.13. The number of rotatable bonds is 1. The maximum atomic E-state index is 7.62. The van der Waals surface area contributed by atoms with Crippen LogP contribution in [0.15, 0.2) is 0 Å². The van der Waals surface area contributed by atoms with Crippen LogP contribution < -0.4 is 34.0 Å². The van der Waals surface area contributed by atoms with Gasteiger partial charge in [0.1, 0.15) is 0 Å². The molecular weight excluding hydrogens is 275 g/mol. The fourth-order valence-corrected chi connectivity index (χ4v) is 0. The zero-order valence-corrected chi connectivity index (χ0v) is 7.54. The molecule has 0 saturated carbocycles. The van der Waals surface area contributed by atoms with E-state index in [-0.39, 0.29) is 63.7 Å². The summed E-state index contributed by atoms with van der Waals surface area (Å²) < 4.78 is 0. The van der Waals surface area contributed by atoms with E-state index in [1.165, 1.54) is 0 Å².